The third-order valence-corrected chi connectivity index (χ3v) is 4.33. The van der Waals surface area contributed by atoms with Crippen LogP contribution >= 0.6 is 0 Å². The second-order valence-corrected chi connectivity index (χ2v) is 6.29. The zero-order valence-corrected chi connectivity index (χ0v) is 13.1. The molecular formula is C17H31NO. The Kier molecular flexibility index (Phi) is 7.33. The van der Waals surface area contributed by atoms with Crippen LogP contribution < -0.4 is 0 Å². The van der Waals surface area contributed by atoms with E-state index in [2.05, 4.69) is 6.92 Å². The Morgan fingerprint density at radius 3 is 1.74 bits per heavy atom. The van der Waals surface area contributed by atoms with E-state index in [1.165, 1.54) is 51.4 Å². The fourth-order valence-electron chi connectivity index (χ4n) is 3.04. The van der Waals surface area contributed by atoms with Gasteiger partial charge in [-0.2, -0.15) is 0 Å². The Hall–Kier alpha value is -0.660. The van der Waals surface area contributed by atoms with Crippen LogP contribution in [0.2, 0.25) is 0 Å². The lowest BCUT2D eigenvalue weighted by Crippen LogP contribution is -2.26. The minimum absolute atomic E-state index is 0.00134. The highest BCUT2D eigenvalue weighted by molar-refractivity contribution is 6.38. The summed E-state index contributed by atoms with van der Waals surface area (Å²) in [5.74, 6) is 0.151. The molecule has 0 aliphatic heterocycles. The summed E-state index contributed by atoms with van der Waals surface area (Å²) < 4.78 is 0. The summed E-state index contributed by atoms with van der Waals surface area (Å²) in [7, 11) is 0. The summed E-state index contributed by atoms with van der Waals surface area (Å²) in [6, 6.07) is 0. The maximum absolute atomic E-state index is 11.6. The molecule has 0 aromatic heterocycles. The van der Waals surface area contributed by atoms with Crippen LogP contribution in [0.1, 0.15) is 91.4 Å². The zero-order valence-electron chi connectivity index (χ0n) is 13.1. The molecular weight excluding hydrogens is 234 g/mol. The highest BCUT2D eigenvalue weighted by Gasteiger charge is 2.24. The molecule has 19 heavy (non-hydrogen) atoms. The lowest BCUT2D eigenvalue weighted by Gasteiger charge is -2.26. The maximum atomic E-state index is 11.6. The van der Waals surface area contributed by atoms with E-state index >= 15 is 0 Å². The summed E-state index contributed by atoms with van der Waals surface area (Å²) in [4.78, 5) is 16.4. The van der Waals surface area contributed by atoms with Gasteiger partial charge in [0.1, 0.15) is 0 Å². The Morgan fingerprint density at radius 1 is 0.947 bits per heavy atom. The Bertz CT molecular complexity index is 294. The quantitative estimate of drug-likeness (QED) is 0.653. The van der Waals surface area contributed by atoms with E-state index in [9.17, 15) is 4.79 Å². The topological polar surface area (TPSA) is 29.4 Å². The summed E-state index contributed by atoms with van der Waals surface area (Å²) >= 11 is 0. The highest BCUT2D eigenvalue weighted by atomic mass is 16.1. The molecule has 0 saturated heterocycles. The van der Waals surface area contributed by atoms with Crippen LogP contribution in [0.4, 0.5) is 0 Å². The molecule has 0 amide bonds. The van der Waals surface area contributed by atoms with Crippen molar-refractivity contribution in [2.45, 2.75) is 96.9 Å². The molecule has 0 radical (unpaired) electrons. The van der Waals surface area contributed by atoms with E-state index in [1.54, 1.807) is 6.92 Å². The molecule has 0 heterocycles. The lowest BCUT2D eigenvalue weighted by molar-refractivity contribution is -0.111. The minimum Gasteiger partial charge on any atom is -0.293 e. The molecule has 0 spiro atoms. The molecule has 1 fully saturated rings. The molecule has 1 rings (SSSR count). The van der Waals surface area contributed by atoms with Crippen molar-refractivity contribution in [3.05, 3.63) is 0 Å². The van der Waals surface area contributed by atoms with Crippen LogP contribution in [-0.2, 0) is 4.79 Å². The molecule has 1 aliphatic rings. The number of carbonyl (C=O) groups excluding carboxylic acids is 1. The molecule has 1 aliphatic carbocycles. The number of ketones is 1. The van der Waals surface area contributed by atoms with Gasteiger partial charge in [0.2, 0.25) is 0 Å². The second kappa shape index (κ2) is 8.50. The number of hydrogen-bond acceptors (Lipinski definition) is 2. The fourth-order valence-corrected chi connectivity index (χ4v) is 3.04. The first-order valence-electron chi connectivity index (χ1n) is 8.17. The molecule has 0 aromatic rings. The van der Waals surface area contributed by atoms with Crippen LogP contribution in [0.25, 0.3) is 0 Å². The average molecular weight is 265 g/mol. The number of aliphatic imine (C=N–C) groups is 1. The Morgan fingerprint density at radius 2 is 1.37 bits per heavy atom. The van der Waals surface area contributed by atoms with E-state index in [-0.39, 0.29) is 11.3 Å². The van der Waals surface area contributed by atoms with Crippen molar-refractivity contribution >= 4 is 11.5 Å². The molecule has 2 nitrogen and oxygen atoms in total. The predicted molar refractivity (Wildman–Crippen MR) is 83.0 cm³/mol. The first kappa shape index (κ1) is 16.4. The number of Topliss-reactive ketones (excluding diaryl/α,β-unsaturated/α-hetero) is 1. The van der Waals surface area contributed by atoms with E-state index in [0.717, 1.165) is 25.0 Å². The molecule has 2 heteroatoms. The highest BCUT2D eigenvalue weighted by Crippen LogP contribution is 2.28. The average Bonchev–Trinajstić information content (AvgIpc) is 2.42. The number of carbonyl (C=O) groups is 1. The van der Waals surface area contributed by atoms with Gasteiger partial charge in [-0.1, -0.05) is 58.3 Å². The zero-order chi connectivity index (χ0) is 14.1. The standard InChI is InChI=1S/C17H31NO/c1-4-16(15(2)19)18-17(3)13-11-9-7-5-6-8-10-12-14-17/h4-14H2,1-3H3. The summed E-state index contributed by atoms with van der Waals surface area (Å²) in [5, 5.41) is 0. The van der Waals surface area contributed by atoms with Gasteiger partial charge in [0, 0.05) is 6.92 Å². The van der Waals surface area contributed by atoms with Crippen molar-refractivity contribution in [2.24, 2.45) is 4.99 Å². The van der Waals surface area contributed by atoms with Crippen molar-refractivity contribution in [1.82, 2.24) is 0 Å². The molecule has 0 aromatic carbocycles. The maximum Gasteiger partial charge on any atom is 0.173 e. The van der Waals surface area contributed by atoms with Crippen molar-refractivity contribution in [3.8, 4) is 0 Å². The van der Waals surface area contributed by atoms with Crippen molar-refractivity contribution in [3.63, 3.8) is 0 Å². The molecule has 0 atom stereocenters. The number of rotatable bonds is 3. The smallest absolute Gasteiger partial charge is 0.173 e. The Labute approximate surface area is 119 Å². The van der Waals surface area contributed by atoms with Crippen LogP contribution in [0, 0.1) is 0 Å². The van der Waals surface area contributed by atoms with E-state index in [0.29, 0.717) is 0 Å². The lowest BCUT2D eigenvalue weighted by atomic mass is 9.89. The van der Waals surface area contributed by atoms with Gasteiger partial charge in [-0.15, -0.1) is 0 Å². The number of hydrogen-bond donors (Lipinski definition) is 0. The van der Waals surface area contributed by atoms with Gasteiger partial charge in [-0.3, -0.25) is 9.79 Å². The molecule has 0 bridgehead atoms. The molecule has 110 valence electrons. The molecule has 0 unspecified atom stereocenters. The van der Waals surface area contributed by atoms with Crippen LogP contribution in [0.5, 0.6) is 0 Å². The Balaban J connectivity index is 2.73. The van der Waals surface area contributed by atoms with Crippen LogP contribution in [-0.4, -0.2) is 17.0 Å². The van der Waals surface area contributed by atoms with Gasteiger partial charge < -0.3 is 0 Å². The summed E-state index contributed by atoms with van der Waals surface area (Å²) in [6.45, 7) is 5.94. The molecule has 0 N–H and O–H groups in total. The minimum atomic E-state index is 0.00134. The monoisotopic (exact) mass is 265 g/mol. The first-order chi connectivity index (χ1) is 9.07. The third-order valence-electron chi connectivity index (χ3n) is 4.33. The van der Waals surface area contributed by atoms with Crippen LogP contribution in [0.3, 0.4) is 0 Å². The van der Waals surface area contributed by atoms with Gasteiger partial charge in [0.15, 0.2) is 5.78 Å². The van der Waals surface area contributed by atoms with Crippen molar-refractivity contribution in [1.29, 1.82) is 0 Å². The second-order valence-electron chi connectivity index (χ2n) is 6.29. The first-order valence-corrected chi connectivity index (χ1v) is 8.17. The predicted octanol–water partition coefficient (Wildman–Crippen LogP) is 5.10. The van der Waals surface area contributed by atoms with E-state index < -0.39 is 0 Å². The molecule has 1 saturated carbocycles. The summed E-state index contributed by atoms with van der Waals surface area (Å²) in [6.07, 6.45) is 13.8. The SMILES string of the molecule is CCC(=NC1(C)CCCCCCCCCC1)C(C)=O. The number of nitrogens with zero attached hydrogens (tertiary/aromatic N) is 1. The van der Waals surface area contributed by atoms with E-state index in [1.807, 2.05) is 6.92 Å². The summed E-state index contributed by atoms with van der Waals surface area (Å²) in [5.41, 5.74) is 0.791. The van der Waals surface area contributed by atoms with Crippen LogP contribution in [0.15, 0.2) is 4.99 Å². The van der Waals surface area contributed by atoms with Crippen molar-refractivity contribution < 1.29 is 4.79 Å². The van der Waals surface area contributed by atoms with E-state index in [4.69, 9.17) is 4.99 Å². The van der Waals surface area contributed by atoms with Gasteiger partial charge in [0.05, 0.1) is 11.3 Å². The van der Waals surface area contributed by atoms with Gasteiger partial charge >= 0.3 is 0 Å². The third kappa shape index (κ3) is 6.35. The van der Waals surface area contributed by atoms with Crippen molar-refractivity contribution in [2.75, 3.05) is 0 Å². The van der Waals surface area contributed by atoms with Gasteiger partial charge in [0.25, 0.3) is 0 Å². The largest absolute Gasteiger partial charge is 0.293 e. The fraction of sp³-hybridized carbons (Fsp3) is 0.882. The normalized spacial score (nSPS) is 22.6. The van der Waals surface area contributed by atoms with Gasteiger partial charge in [-0.05, 0) is 26.2 Å². The van der Waals surface area contributed by atoms with Gasteiger partial charge in [-0.25, -0.2) is 0 Å².